The third-order valence-electron chi connectivity index (χ3n) is 7.56. The Labute approximate surface area is 197 Å². The third-order valence-corrected chi connectivity index (χ3v) is 8.03. The van der Waals surface area contributed by atoms with Gasteiger partial charge in [-0.15, -0.1) is 0 Å². The topological polar surface area (TPSA) is 3.24 Å². The van der Waals surface area contributed by atoms with Crippen molar-refractivity contribution >= 4 is 28.9 Å². The Morgan fingerprint density at radius 1 is 0.935 bits per heavy atom. The number of nitrogens with zero attached hydrogens (tertiary/aromatic N) is 1. The first-order chi connectivity index (χ1) is 14.6. The van der Waals surface area contributed by atoms with Gasteiger partial charge in [0.15, 0.2) is 0 Å². The summed E-state index contributed by atoms with van der Waals surface area (Å²) < 4.78 is 0. The molecule has 2 aromatic rings. The molecule has 2 aliphatic rings. The van der Waals surface area contributed by atoms with Gasteiger partial charge in [0.1, 0.15) is 0 Å². The molecule has 2 unspecified atom stereocenters. The molecule has 164 valence electrons. The average molecular weight is 454 g/mol. The van der Waals surface area contributed by atoms with Crippen molar-refractivity contribution in [1.29, 1.82) is 0 Å². The zero-order valence-corrected chi connectivity index (χ0v) is 21.0. The molecule has 0 aromatic heterocycles. The molecular weight excluding hydrogens is 421 g/mol. The molecule has 1 heterocycles. The number of allylic oxidation sites excluding steroid dienone is 4. The Balaban J connectivity index is 1.70. The van der Waals surface area contributed by atoms with Crippen molar-refractivity contribution < 1.29 is 0 Å². The zero-order valence-electron chi connectivity index (χ0n) is 19.5. The number of halogens is 2. The van der Waals surface area contributed by atoms with E-state index in [2.05, 4.69) is 88.9 Å². The third kappa shape index (κ3) is 3.55. The van der Waals surface area contributed by atoms with Gasteiger partial charge in [-0.2, -0.15) is 0 Å². The smallest absolute Gasteiger partial charge is 0.0451 e. The van der Waals surface area contributed by atoms with E-state index in [-0.39, 0.29) is 10.8 Å². The predicted octanol–water partition coefficient (Wildman–Crippen LogP) is 8.65. The lowest BCUT2D eigenvalue weighted by Crippen LogP contribution is -2.26. The first-order valence-electron chi connectivity index (χ1n) is 11.4. The van der Waals surface area contributed by atoms with E-state index in [1.54, 1.807) is 0 Å². The summed E-state index contributed by atoms with van der Waals surface area (Å²) in [6, 6.07) is 12.7. The lowest BCUT2D eigenvalue weighted by Gasteiger charge is -2.29. The van der Waals surface area contributed by atoms with Crippen LogP contribution in [0.3, 0.4) is 0 Å². The highest BCUT2D eigenvalue weighted by atomic mass is 35.5. The minimum absolute atomic E-state index is 0.0576. The molecule has 0 radical (unpaired) electrons. The number of likely N-dealkylation sites (N-methyl/N-ethyl adjacent to an activating group) is 1. The number of fused-ring (bicyclic) bond motifs is 2. The van der Waals surface area contributed by atoms with E-state index in [1.807, 2.05) is 12.1 Å². The molecule has 0 amide bonds. The standard InChI is InChI=1S/C28H33Cl2N/c1-7-20-21-14-12-18(29)16-23(21)27(3,4)22(20)10-9-11-26-28(5,6)24-17-19(30)13-15-25(24)31(26)8-2/h9-17,20,22H,7-8H2,1-6H3. The van der Waals surface area contributed by atoms with Crippen LogP contribution in [0.15, 0.2) is 60.3 Å². The fourth-order valence-electron chi connectivity index (χ4n) is 5.89. The van der Waals surface area contributed by atoms with Crippen LogP contribution in [0.4, 0.5) is 5.69 Å². The highest BCUT2D eigenvalue weighted by Gasteiger charge is 2.44. The summed E-state index contributed by atoms with van der Waals surface area (Å²) in [6.07, 6.45) is 8.15. The molecule has 4 rings (SSSR count). The summed E-state index contributed by atoms with van der Waals surface area (Å²) in [5, 5.41) is 1.63. The van der Waals surface area contributed by atoms with E-state index in [4.69, 9.17) is 23.2 Å². The highest BCUT2D eigenvalue weighted by Crippen LogP contribution is 2.53. The van der Waals surface area contributed by atoms with Gasteiger partial charge in [0.05, 0.1) is 0 Å². The summed E-state index contributed by atoms with van der Waals surface area (Å²) >= 11 is 12.7. The van der Waals surface area contributed by atoms with Crippen LogP contribution >= 0.6 is 23.2 Å². The first-order valence-corrected chi connectivity index (χ1v) is 12.1. The molecule has 2 aromatic carbocycles. The lowest BCUT2D eigenvalue weighted by molar-refractivity contribution is 0.363. The van der Waals surface area contributed by atoms with E-state index in [9.17, 15) is 0 Å². The minimum Gasteiger partial charge on any atom is -0.344 e. The van der Waals surface area contributed by atoms with Crippen LogP contribution in [0.5, 0.6) is 0 Å². The summed E-state index contributed by atoms with van der Waals surface area (Å²) in [6.45, 7) is 14.8. The van der Waals surface area contributed by atoms with Gasteiger partial charge in [-0.3, -0.25) is 0 Å². The highest BCUT2D eigenvalue weighted by molar-refractivity contribution is 6.31. The summed E-state index contributed by atoms with van der Waals surface area (Å²) in [7, 11) is 0. The molecule has 3 heteroatoms. The van der Waals surface area contributed by atoms with Crippen LogP contribution < -0.4 is 4.90 Å². The second-order valence-corrected chi connectivity index (χ2v) is 10.8. The fourth-order valence-corrected chi connectivity index (χ4v) is 6.23. The maximum atomic E-state index is 6.36. The van der Waals surface area contributed by atoms with Crippen molar-refractivity contribution in [3.05, 3.63) is 87.1 Å². The molecule has 0 saturated heterocycles. The zero-order chi connectivity index (χ0) is 22.6. The largest absolute Gasteiger partial charge is 0.344 e. The molecule has 0 fully saturated rings. The molecule has 2 atom stereocenters. The number of hydrogen-bond donors (Lipinski definition) is 0. The van der Waals surface area contributed by atoms with Crippen LogP contribution in [0.1, 0.15) is 70.6 Å². The van der Waals surface area contributed by atoms with Crippen LogP contribution in [-0.4, -0.2) is 6.54 Å². The lowest BCUT2D eigenvalue weighted by atomic mass is 9.75. The Kier molecular flexibility index (Phi) is 5.82. The van der Waals surface area contributed by atoms with Crippen molar-refractivity contribution in [2.45, 2.75) is 64.7 Å². The van der Waals surface area contributed by atoms with Gasteiger partial charge in [-0.05, 0) is 83.7 Å². The van der Waals surface area contributed by atoms with Crippen LogP contribution in [0, 0.1) is 5.92 Å². The normalized spacial score (nSPS) is 24.8. The minimum atomic E-state index is -0.0770. The van der Waals surface area contributed by atoms with E-state index in [1.165, 1.54) is 28.1 Å². The quantitative estimate of drug-likeness (QED) is 0.447. The molecule has 0 spiro atoms. The summed E-state index contributed by atoms with van der Waals surface area (Å²) in [5.41, 5.74) is 6.73. The van der Waals surface area contributed by atoms with Gasteiger partial charge < -0.3 is 4.90 Å². The Morgan fingerprint density at radius 2 is 1.58 bits per heavy atom. The van der Waals surface area contributed by atoms with Gasteiger partial charge in [0.2, 0.25) is 0 Å². The van der Waals surface area contributed by atoms with Crippen molar-refractivity contribution in [2.75, 3.05) is 11.4 Å². The van der Waals surface area contributed by atoms with E-state index >= 15 is 0 Å². The van der Waals surface area contributed by atoms with Gasteiger partial charge in [-0.1, -0.05) is 76.0 Å². The van der Waals surface area contributed by atoms with E-state index in [0.717, 1.165) is 23.0 Å². The maximum absolute atomic E-state index is 6.36. The number of rotatable bonds is 4. The summed E-state index contributed by atoms with van der Waals surface area (Å²) in [5.74, 6) is 0.964. The maximum Gasteiger partial charge on any atom is 0.0451 e. The molecule has 1 nitrogen and oxygen atoms in total. The second kappa shape index (κ2) is 8.01. The molecule has 0 N–H and O–H groups in total. The Hall–Kier alpha value is -1.70. The van der Waals surface area contributed by atoms with Crippen LogP contribution in [0.2, 0.25) is 10.0 Å². The fraction of sp³-hybridized carbons (Fsp3) is 0.429. The van der Waals surface area contributed by atoms with Gasteiger partial charge in [0, 0.05) is 33.4 Å². The van der Waals surface area contributed by atoms with Gasteiger partial charge in [0.25, 0.3) is 0 Å². The molecule has 0 bridgehead atoms. The van der Waals surface area contributed by atoms with Crippen LogP contribution in [-0.2, 0) is 10.8 Å². The van der Waals surface area contributed by atoms with Gasteiger partial charge >= 0.3 is 0 Å². The van der Waals surface area contributed by atoms with E-state index < -0.39 is 0 Å². The summed E-state index contributed by atoms with van der Waals surface area (Å²) in [4.78, 5) is 2.42. The predicted molar refractivity (Wildman–Crippen MR) is 136 cm³/mol. The van der Waals surface area contributed by atoms with E-state index in [0.29, 0.717) is 11.8 Å². The molecule has 1 aliphatic heterocycles. The Morgan fingerprint density at radius 3 is 2.23 bits per heavy atom. The number of anilines is 1. The molecular formula is C28H33Cl2N. The molecule has 1 aliphatic carbocycles. The first kappa shape index (κ1) is 22.5. The van der Waals surface area contributed by atoms with Crippen molar-refractivity contribution in [3.8, 4) is 0 Å². The van der Waals surface area contributed by atoms with Crippen molar-refractivity contribution in [1.82, 2.24) is 0 Å². The second-order valence-electron chi connectivity index (χ2n) is 9.96. The Bertz CT molecular complexity index is 1060. The van der Waals surface area contributed by atoms with Crippen molar-refractivity contribution in [3.63, 3.8) is 0 Å². The molecule has 31 heavy (non-hydrogen) atoms. The average Bonchev–Trinajstić information content (AvgIpc) is 3.06. The number of benzene rings is 2. The van der Waals surface area contributed by atoms with Crippen molar-refractivity contribution in [2.24, 2.45) is 5.92 Å². The monoisotopic (exact) mass is 453 g/mol. The molecule has 0 saturated carbocycles. The van der Waals surface area contributed by atoms with Crippen LogP contribution in [0.25, 0.3) is 0 Å². The number of hydrogen-bond acceptors (Lipinski definition) is 1. The SMILES string of the molecule is CCC1c2ccc(Cl)cc2C(C)(C)C1C=CC=C1N(CC)c2ccc(Cl)cc2C1(C)C. The van der Waals surface area contributed by atoms with Gasteiger partial charge in [-0.25, -0.2) is 0 Å².